The molecule has 1 aromatic rings. The van der Waals surface area contributed by atoms with E-state index in [0.717, 1.165) is 36.4 Å². The Morgan fingerprint density at radius 1 is 1.10 bits per heavy atom. The van der Waals surface area contributed by atoms with Crippen LogP contribution in [0, 0.1) is 11.8 Å². The first-order chi connectivity index (χ1) is 9.32. The Labute approximate surface area is 123 Å². The molecule has 1 aliphatic carbocycles. The molecule has 3 heteroatoms. The van der Waals surface area contributed by atoms with Crippen molar-refractivity contribution in [3.8, 4) is 5.88 Å². The zero-order valence-electron chi connectivity index (χ0n) is 13.4. The minimum atomic E-state index is 0.0134. The number of nitrogens with one attached hydrogen (secondary N) is 1. The molecule has 1 N–H and O–H groups in total. The number of aromatic nitrogens is 1. The quantitative estimate of drug-likeness (QED) is 0.883. The molecule has 2 atom stereocenters. The summed E-state index contributed by atoms with van der Waals surface area (Å²) in [5.41, 5.74) is 0.0134. The van der Waals surface area contributed by atoms with Crippen LogP contribution in [-0.4, -0.2) is 16.6 Å². The van der Waals surface area contributed by atoms with E-state index in [4.69, 9.17) is 4.74 Å². The van der Waals surface area contributed by atoms with Crippen molar-refractivity contribution in [3.05, 3.63) is 18.2 Å². The Bertz CT molecular complexity index is 429. The SMILES string of the molecule is CC1CC(C)CC(Oc2cccc(NC(C)(C)C)n2)C1. The van der Waals surface area contributed by atoms with Crippen molar-refractivity contribution < 1.29 is 4.74 Å². The van der Waals surface area contributed by atoms with Gasteiger partial charge in [0.25, 0.3) is 0 Å². The fourth-order valence-corrected chi connectivity index (χ4v) is 3.07. The van der Waals surface area contributed by atoms with E-state index < -0.39 is 0 Å². The summed E-state index contributed by atoms with van der Waals surface area (Å²) in [7, 11) is 0. The molecule has 112 valence electrons. The van der Waals surface area contributed by atoms with Crippen LogP contribution in [0.2, 0.25) is 0 Å². The zero-order chi connectivity index (χ0) is 14.8. The summed E-state index contributed by atoms with van der Waals surface area (Å²) in [6.45, 7) is 11.0. The molecule has 0 aliphatic heterocycles. The van der Waals surface area contributed by atoms with Crippen molar-refractivity contribution in [2.45, 2.75) is 65.5 Å². The number of anilines is 1. The van der Waals surface area contributed by atoms with Gasteiger partial charge in [-0.15, -0.1) is 0 Å². The van der Waals surface area contributed by atoms with E-state index in [1.54, 1.807) is 0 Å². The summed E-state index contributed by atoms with van der Waals surface area (Å²) in [5.74, 6) is 3.12. The maximum Gasteiger partial charge on any atom is 0.215 e. The van der Waals surface area contributed by atoms with Gasteiger partial charge in [-0.1, -0.05) is 19.9 Å². The highest BCUT2D eigenvalue weighted by molar-refractivity contribution is 5.39. The molecule has 0 saturated heterocycles. The van der Waals surface area contributed by atoms with Gasteiger partial charge in [0, 0.05) is 11.6 Å². The number of nitrogens with zero attached hydrogens (tertiary/aromatic N) is 1. The second-order valence-corrected chi connectivity index (χ2v) is 7.39. The van der Waals surface area contributed by atoms with Crippen LogP contribution in [0.25, 0.3) is 0 Å². The molecule has 2 rings (SSSR count). The minimum absolute atomic E-state index is 0.0134. The van der Waals surface area contributed by atoms with Crippen LogP contribution in [0.4, 0.5) is 5.82 Å². The Kier molecular flexibility index (Phi) is 4.56. The number of ether oxygens (including phenoxy) is 1. The van der Waals surface area contributed by atoms with E-state index in [9.17, 15) is 0 Å². The fraction of sp³-hybridized carbons (Fsp3) is 0.706. The molecule has 1 saturated carbocycles. The van der Waals surface area contributed by atoms with Crippen LogP contribution in [0.1, 0.15) is 53.9 Å². The highest BCUT2D eigenvalue weighted by atomic mass is 16.5. The van der Waals surface area contributed by atoms with Crippen LogP contribution >= 0.6 is 0 Å². The van der Waals surface area contributed by atoms with Crippen molar-refractivity contribution >= 4 is 5.82 Å². The molecule has 0 amide bonds. The second-order valence-electron chi connectivity index (χ2n) is 7.39. The van der Waals surface area contributed by atoms with Crippen molar-refractivity contribution in [1.29, 1.82) is 0 Å². The molecule has 1 aliphatic rings. The summed E-state index contributed by atoms with van der Waals surface area (Å²) in [6, 6.07) is 5.95. The van der Waals surface area contributed by atoms with Gasteiger partial charge in [-0.25, -0.2) is 0 Å². The monoisotopic (exact) mass is 276 g/mol. The van der Waals surface area contributed by atoms with Crippen LogP contribution < -0.4 is 10.1 Å². The molecule has 0 aromatic carbocycles. The van der Waals surface area contributed by atoms with Gasteiger partial charge in [0.15, 0.2) is 0 Å². The highest BCUT2D eigenvalue weighted by Gasteiger charge is 2.25. The summed E-state index contributed by atoms with van der Waals surface area (Å²) >= 11 is 0. The lowest BCUT2D eigenvalue weighted by atomic mass is 9.82. The lowest BCUT2D eigenvalue weighted by Crippen LogP contribution is -2.29. The Morgan fingerprint density at radius 2 is 1.75 bits per heavy atom. The lowest BCUT2D eigenvalue weighted by Gasteiger charge is -2.31. The molecule has 0 spiro atoms. The third-order valence-corrected chi connectivity index (χ3v) is 3.65. The average Bonchev–Trinajstić information content (AvgIpc) is 2.25. The van der Waals surface area contributed by atoms with Gasteiger partial charge < -0.3 is 10.1 Å². The van der Waals surface area contributed by atoms with E-state index in [1.807, 2.05) is 18.2 Å². The summed E-state index contributed by atoms with van der Waals surface area (Å²) < 4.78 is 6.10. The third kappa shape index (κ3) is 4.69. The van der Waals surface area contributed by atoms with Crippen LogP contribution in [0.15, 0.2) is 18.2 Å². The average molecular weight is 276 g/mol. The molecule has 1 fully saturated rings. The third-order valence-electron chi connectivity index (χ3n) is 3.65. The topological polar surface area (TPSA) is 34.1 Å². The van der Waals surface area contributed by atoms with E-state index in [2.05, 4.69) is 44.9 Å². The van der Waals surface area contributed by atoms with E-state index >= 15 is 0 Å². The van der Waals surface area contributed by atoms with Crippen molar-refractivity contribution in [2.75, 3.05) is 5.32 Å². The van der Waals surface area contributed by atoms with Gasteiger partial charge in [-0.2, -0.15) is 4.98 Å². The van der Waals surface area contributed by atoms with Gasteiger partial charge in [-0.05, 0) is 57.9 Å². The fourth-order valence-electron chi connectivity index (χ4n) is 3.07. The minimum Gasteiger partial charge on any atom is -0.474 e. The van der Waals surface area contributed by atoms with Gasteiger partial charge in [0.2, 0.25) is 5.88 Å². The largest absolute Gasteiger partial charge is 0.474 e. The van der Waals surface area contributed by atoms with Crippen LogP contribution in [0.5, 0.6) is 5.88 Å². The van der Waals surface area contributed by atoms with Gasteiger partial charge in [-0.3, -0.25) is 0 Å². The molecule has 3 nitrogen and oxygen atoms in total. The highest BCUT2D eigenvalue weighted by Crippen LogP contribution is 2.31. The molecule has 20 heavy (non-hydrogen) atoms. The van der Waals surface area contributed by atoms with E-state index in [1.165, 1.54) is 6.42 Å². The van der Waals surface area contributed by atoms with Crippen LogP contribution in [-0.2, 0) is 0 Å². The van der Waals surface area contributed by atoms with Crippen molar-refractivity contribution in [2.24, 2.45) is 11.8 Å². The first-order valence-electron chi connectivity index (χ1n) is 7.74. The molecule has 2 unspecified atom stereocenters. The first-order valence-corrected chi connectivity index (χ1v) is 7.74. The first kappa shape index (κ1) is 15.1. The molecular weight excluding hydrogens is 248 g/mol. The van der Waals surface area contributed by atoms with E-state index in [0.29, 0.717) is 6.10 Å². The molecule has 0 bridgehead atoms. The maximum atomic E-state index is 6.10. The van der Waals surface area contributed by atoms with Gasteiger partial charge in [0.05, 0.1) is 0 Å². The maximum absolute atomic E-state index is 6.10. The predicted octanol–water partition coefficient (Wildman–Crippen LogP) is 4.50. The molecule has 0 radical (unpaired) electrons. The van der Waals surface area contributed by atoms with Crippen LogP contribution in [0.3, 0.4) is 0 Å². The predicted molar refractivity (Wildman–Crippen MR) is 84.2 cm³/mol. The normalized spacial score (nSPS) is 27.1. The molecular formula is C17H28N2O. The summed E-state index contributed by atoms with van der Waals surface area (Å²) in [5, 5.41) is 3.39. The molecule has 1 aromatic heterocycles. The van der Waals surface area contributed by atoms with Gasteiger partial charge in [0.1, 0.15) is 11.9 Å². The van der Waals surface area contributed by atoms with Gasteiger partial charge >= 0.3 is 0 Å². The Balaban J connectivity index is 2.00. The van der Waals surface area contributed by atoms with E-state index in [-0.39, 0.29) is 5.54 Å². The smallest absolute Gasteiger partial charge is 0.215 e. The van der Waals surface area contributed by atoms with Crippen molar-refractivity contribution in [3.63, 3.8) is 0 Å². The lowest BCUT2D eigenvalue weighted by molar-refractivity contribution is 0.0968. The number of hydrogen-bond acceptors (Lipinski definition) is 3. The molecule has 1 heterocycles. The number of hydrogen-bond donors (Lipinski definition) is 1. The Morgan fingerprint density at radius 3 is 2.35 bits per heavy atom. The number of rotatable bonds is 3. The second kappa shape index (κ2) is 6.02. The Hall–Kier alpha value is -1.25. The summed E-state index contributed by atoms with van der Waals surface area (Å²) in [4.78, 5) is 4.57. The van der Waals surface area contributed by atoms with Crippen molar-refractivity contribution in [1.82, 2.24) is 4.98 Å². The summed E-state index contributed by atoms with van der Waals surface area (Å²) in [6.07, 6.45) is 3.91. The zero-order valence-corrected chi connectivity index (χ0v) is 13.4. The standard InChI is InChI=1S/C17H28N2O/c1-12-9-13(2)11-14(10-12)20-16-8-6-7-15(18-16)19-17(3,4)5/h6-8,12-14H,9-11H2,1-5H3,(H,18,19). The number of pyridine rings is 1.